The Kier molecular flexibility index (Phi) is 6.31. The zero-order valence-corrected chi connectivity index (χ0v) is 20.0. The van der Waals surface area contributed by atoms with Crippen LogP contribution >= 0.6 is 0 Å². The van der Waals surface area contributed by atoms with Crippen LogP contribution in [-0.4, -0.2) is 59.7 Å². The maximum absolute atomic E-state index is 14.1. The van der Waals surface area contributed by atoms with Gasteiger partial charge in [-0.3, -0.25) is 0 Å². The van der Waals surface area contributed by atoms with Crippen LogP contribution in [0.2, 0.25) is 0 Å². The average molecular weight is 507 g/mol. The lowest BCUT2D eigenvalue weighted by atomic mass is 9.90. The predicted molar refractivity (Wildman–Crippen MR) is 123 cm³/mol. The van der Waals surface area contributed by atoms with E-state index in [1.165, 1.54) is 45.6 Å². The van der Waals surface area contributed by atoms with E-state index in [2.05, 4.69) is 0 Å². The van der Waals surface area contributed by atoms with Gasteiger partial charge in [-0.1, -0.05) is 18.2 Å². The van der Waals surface area contributed by atoms with Gasteiger partial charge < -0.3 is 14.7 Å². The van der Waals surface area contributed by atoms with Crippen LogP contribution in [-0.2, 0) is 14.8 Å². The number of sulfonamides is 1. The molecule has 1 unspecified atom stereocenters. The topological polar surface area (TPSA) is 87.2 Å². The molecule has 3 fully saturated rings. The van der Waals surface area contributed by atoms with Gasteiger partial charge in [-0.15, -0.1) is 0 Å². The molecular weight excluding hydrogens is 478 g/mol. The van der Waals surface area contributed by atoms with Crippen molar-refractivity contribution in [2.24, 2.45) is 0 Å². The van der Waals surface area contributed by atoms with Crippen LogP contribution in [0.1, 0.15) is 50.1 Å². The highest BCUT2D eigenvalue weighted by molar-refractivity contribution is 7.89. The van der Waals surface area contributed by atoms with Gasteiger partial charge in [0.2, 0.25) is 10.0 Å². The van der Waals surface area contributed by atoms with Crippen molar-refractivity contribution in [2.45, 2.75) is 67.2 Å². The van der Waals surface area contributed by atoms with E-state index in [0.717, 1.165) is 6.07 Å². The Hall–Kier alpha value is -2.56. The fourth-order valence-electron chi connectivity index (χ4n) is 5.36. The number of aliphatic hydroxyl groups excluding tert-OH is 1. The molecule has 2 aromatic rings. The van der Waals surface area contributed by atoms with Crippen LogP contribution in [0.25, 0.3) is 0 Å². The summed E-state index contributed by atoms with van der Waals surface area (Å²) in [6.45, 7) is 0.550. The van der Waals surface area contributed by atoms with Crippen molar-refractivity contribution in [3.63, 3.8) is 0 Å². The van der Waals surface area contributed by atoms with Crippen LogP contribution in [0.4, 0.5) is 13.6 Å². The molecule has 0 aromatic heterocycles. The maximum Gasteiger partial charge on any atom is 0.410 e. The molecule has 1 saturated carbocycles. The molecule has 7 nitrogen and oxygen atoms in total. The number of likely N-dealkylation sites (tertiary alicyclic amines) is 1. The van der Waals surface area contributed by atoms with Crippen molar-refractivity contribution in [3.05, 3.63) is 65.7 Å². The second kappa shape index (κ2) is 9.15. The number of amides is 1. The van der Waals surface area contributed by atoms with E-state index < -0.39 is 51.5 Å². The SMILES string of the molecule is O=C(OC1([C@H]2CCC[C@@H](c3cccc(F)c3)N2S(=O)(=O)c2cccc(F)c2)CC1)N1CCC(O)C1. The summed E-state index contributed by atoms with van der Waals surface area (Å²) < 4.78 is 63.3. The third kappa shape index (κ3) is 4.66. The molecule has 2 saturated heterocycles. The Labute approximate surface area is 203 Å². The molecule has 10 heteroatoms. The van der Waals surface area contributed by atoms with Crippen molar-refractivity contribution in [1.82, 2.24) is 9.21 Å². The number of carbonyl (C=O) groups excluding carboxylic acids is 1. The second-order valence-electron chi connectivity index (χ2n) is 9.63. The monoisotopic (exact) mass is 506 g/mol. The van der Waals surface area contributed by atoms with E-state index >= 15 is 0 Å². The Morgan fingerprint density at radius 2 is 1.74 bits per heavy atom. The number of rotatable bonds is 5. The number of benzene rings is 2. The van der Waals surface area contributed by atoms with E-state index in [9.17, 15) is 27.1 Å². The van der Waals surface area contributed by atoms with Crippen molar-refractivity contribution in [1.29, 1.82) is 0 Å². The Morgan fingerprint density at radius 3 is 2.37 bits per heavy atom. The third-order valence-corrected chi connectivity index (χ3v) is 9.15. The quantitative estimate of drug-likeness (QED) is 0.663. The summed E-state index contributed by atoms with van der Waals surface area (Å²) in [6.07, 6.45) is 1.84. The number of piperidine rings is 1. The van der Waals surface area contributed by atoms with Gasteiger partial charge in [0, 0.05) is 13.1 Å². The van der Waals surface area contributed by atoms with Gasteiger partial charge in [0.15, 0.2) is 0 Å². The largest absolute Gasteiger partial charge is 0.441 e. The van der Waals surface area contributed by atoms with Crippen molar-refractivity contribution in [2.75, 3.05) is 13.1 Å². The lowest BCUT2D eigenvalue weighted by molar-refractivity contribution is -0.00720. The fourth-order valence-corrected chi connectivity index (χ4v) is 7.31. The number of hydrogen-bond donors (Lipinski definition) is 1. The fraction of sp³-hybridized carbons (Fsp3) is 0.480. The molecule has 0 radical (unpaired) electrons. The zero-order valence-electron chi connectivity index (χ0n) is 19.1. The molecule has 35 heavy (non-hydrogen) atoms. The van der Waals surface area contributed by atoms with E-state index in [-0.39, 0.29) is 11.4 Å². The highest BCUT2D eigenvalue weighted by Crippen LogP contribution is 2.52. The highest BCUT2D eigenvalue weighted by atomic mass is 32.2. The lowest BCUT2D eigenvalue weighted by Crippen LogP contribution is -2.54. The minimum Gasteiger partial charge on any atom is -0.441 e. The summed E-state index contributed by atoms with van der Waals surface area (Å²) >= 11 is 0. The second-order valence-corrected chi connectivity index (χ2v) is 11.5. The number of carbonyl (C=O) groups is 1. The van der Waals surface area contributed by atoms with E-state index in [0.29, 0.717) is 50.6 Å². The Balaban J connectivity index is 1.53. The lowest BCUT2D eigenvalue weighted by Gasteiger charge is -2.44. The van der Waals surface area contributed by atoms with Crippen molar-refractivity contribution in [3.8, 4) is 0 Å². The first-order valence-electron chi connectivity index (χ1n) is 11.9. The van der Waals surface area contributed by atoms with Gasteiger partial charge in [0.25, 0.3) is 0 Å². The van der Waals surface area contributed by atoms with Crippen LogP contribution in [0, 0.1) is 11.6 Å². The summed E-state index contributed by atoms with van der Waals surface area (Å²) in [7, 11) is -4.22. The van der Waals surface area contributed by atoms with Crippen LogP contribution in [0.3, 0.4) is 0 Å². The number of β-amino-alcohol motifs (C(OH)–C–C–N with tert-alkyl or cyclic N) is 1. The van der Waals surface area contributed by atoms with Gasteiger partial charge in [-0.2, -0.15) is 4.31 Å². The van der Waals surface area contributed by atoms with Gasteiger partial charge in [0.05, 0.1) is 23.1 Å². The molecule has 0 bridgehead atoms. The Morgan fingerprint density at radius 1 is 1.03 bits per heavy atom. The number of ether oxygens (including phenoxy) is 1. The first kappa shape index (κ1) is 24.1. The molecule has 1 aliphatic carbocycles. The van der Waals surface area contributed by atoms with Gasteiger partial charge in [0.1, 0.15) is 17.2 Å². The summed E-state index contributed by atoms with van der Waals surface area (Å²) in [6, 6.07) is 9.27. The minimum atomic E-state index is -4.22. The summed E-state index contributed by atoms with van der Waals surface area (Å²) in [4.78, 5) is 14.1. The average Bonchev–Trinajstić information content (AvgIpc) is 3.48. The summed E-state index contributed by atoms with van der Waals surface area (Å²) in [5.74, 6) is -1.16. The smallest absolute Gasteiger partial charge is 0.410 e. The number of aliphatic hydroxyl groups is 1. The maximum atomic E-state index is 14.1. The molecule has 3 atom stereocenters. The highest BCUT2D eigenvalue weighted by Gasteiger charge is 2.60. The predicted octanol–water partition coefficient (Wildman–Crippen LogP) is 3.99. The van der Waals surface area contributed by atoms with Gasteiger partial charge in [-0.05, 0) is 74.4 Å². The van der Waals surface area contributed by atoms with Crippen molar-refractivity contribution < 1.29 is 31.8 Å². The third-order valence-electron chi connectivity index (χ3n) is 7.24. The number of halogens is 2. The van der Waals surface area contributed by atoms with Crippen LogP contribution in [0.5, 0.6) is 0 Å². The molecule has 2 heterocycles. The first-order chi connectivity index (χ1) is 16.7. The van der Waals surface area contributed by atoms with E-state index in [4.69, 9.17) is 4.74 Å². The number of nitrogens with zero attached hydrogens (tertiary/aromatic N) is 2. The molecular formula is C25H28F2N2O5S. The van der Waals surface area contributed by atoms with Crippen molar-refractivity contribution >= 4 is 16.1 Å². The normalized spacial score (nSPS) is 26.5. The van der Waals surface area contributed by atoms with Gasteiger partial charge in [-0.25, -0.2) is 22.0 Å². The molecule has 5 rings (SSSR count). The first-order valence-corrected chi connectivity index (χ1v) is 13.3. The molecule has 0 spiro atoms. The standard InChI is InChI=1S/C25H28F2N2O5S/c26-18-5-1-4-17(14-18)22-8-3-9-23(29(22)35(32,33)21-7-2-6-19(27)15-21)25(11-12-25)34-24(31)28-13-10-20(30)16-28/h1-2,4-7,14-15,20,22-23,30H,3,8-13,16H2/t20?,22-,23+/m0/s1. The minimum absolute atomic E-state index is 0.177. The van der Waals surface area contributed by atoms with Crippen LogP contribution in [0.15, 0.2) is 53.4 Å². The molecule has 2 aromatic carbocycles. The van der Waals surface area contributed by atoms with E-state index in [1.807, 2.05) is 0 Å². The zero-order chi connectivity index (χ0) is 24.8. The molecule has 1 N–H and O–H groups in total. The summed E-state index contributed by atoms with van der Waals surface area (Å²) in [5, 5.41) is 9.79. The molecule has 1 amide bonds. The van der Waals surface area contributed by atoms with Gasteiger partial charge >= 0.3 is 6.09 Å². The molecule has 2 aliphatic heterocycles. The van der Waals surface area contributed by atoms with Crippen LogP contribution < -0.4 is 0 Å². The molecule has 188 valence electrons. The number of hydrogen-bond acceptors (Lipinski definition) is 5. The molecule has 3 aliphatic rings. The Bertz CT molecular complexity index is 1220. The summed E-state index contributed by atoms with van der Waals surface area (Å²) in [5.41, 5.74) is -0.517. The van der Waals surface area contributed by atoms with E-state index in [1.54, 1.807) is 6.07 Å².